The number of hydrogen-bond donors (Lipinski definition) is 1. The molecule has 1 atom stereocenters. The molecule has 0 radical (unpaired) electrons. The Morgan fingerprint density at radius 3 is 2.94 bits per heavy atom. The van der Waals surface area contributed by atoms with Crippen molar-refractivity contribution in [3.05, 3.63) is 45.1 Å². The first-order valence-corrected chi connectivity index (χ1v) is 6.44. The smallest absolute Gasteiger partial charge is 0.124 e. The molecular formula is C11H10BrFN2S. The van der Waals surface area contributed by atoms with E-state index in [9.17, 15) is 4.39 Å². The molecule has 0 aliphatic carbocycles. The van der Waals surface area contributed by atoms with Crippen molar-refractivity contribution in [2.24, 2.45) is 0 Å². The molecule has 1 aromatic heterocycles. The molecule has 1 N–H and O–H groups in total. The fraction of sp³-hybridized carbons (Fsp3) is 0.182. The van der Waals surface area contributed by atoms with E-state index in [1.165, 1.54) is 12.1 Å². The Morgan fingerprint density at radius 1 is 1.50 bits per heavy atom. The number of nitrogens with zero attached hydrogens (tertiary/aromatic N) is 1. The normalized spacial score (nSPS) is 12.4. The summed E-state index contributed by atoms with van der Waals surface area (Å²) in [6.07, 6.45) is 1.83. The minimum absolute atomic E-state index is 0.161. The first-order valence-electron chi connectivity index (χ1n) is 4.77. The molecule has 0 saturated carbocycles. The number of hydrogen-bond acceptors (Lipinski definition) is 3. The van der Waals surface area contributed by atoms with Crippen LogP contribution in [0.15, 0.2) is 34.4 Å². The predicted molar refractivity (Wildman–Crippen MR) is 68.3 cm³/mol. The minimum atomic E-state index is -0.247. The number of nitrogens with one attached hydrogen (secondary N) is 1. The Bertz CT molecular complexity index is 473. The third-order valence-electron chi connectivity index (χ3n) is 2.18. The standard InChI is InChI=1S/C11H10BrFN2S/c1-7(11-5-14-6-16-11)15-10-3-2-8(13)4-9(10)12/h2-7,15H,1H3. The highest BCUT2D eigenvalue weighted by Gasteiger charge is 2.09. The van der Waals surface area contributed by atoms with Crippen molar-refractivity contribution in [1.29, 1.82) is 0 Å². The molecule has 2 aromatic rings. The van der Waals surface area contributed by atoms with Crippen molar-refractivity contribution in [2.45, 2.75) is 13.0 Å². The maximum atomic E-state index is 12.9. The lowest BCUT2D eigenvalue weighted by molar-refractivity contribution is 0.627. The van der Waals surface area contributed by atoms with Gasteiger partial charge >= 0.3 is 0 Å². The zero-order valence-electron chi connectivity index (χ0n) is 8.58. The maximum Gasteiger partial charge on any atom is 0.124 e. The first-order chi connectivity index (χ1) is 7.66. The van der Waals surface area contributed by atoms with Gasteiger partial charge in [-0.15, -0.1) is 11.3 Å². The van der Waals surface area contributed by atoms with Crippen LogP contribution in [0.1, 0.15) is 17.8 Å². The molecule has 0 amide bonds. The molecule has 0 saturated heterocycles. The van der Waals surface area contributed by atoms with Crippen LogP contribution in [0.2, 0.25) is 0 Å². The van der Waals surface area contributed by atoms with Crippen molar-refractivity contribution < 1.29 is 4.39 Å². The summed E-state index contributed by atoms with van der Waals surface area (Å²) in [4.78, 5) is 5.18. The van der Waals surface area contributed by atoms with Gasteiger partial charge in [0.25, 0.3) is 0 Å². The number of aromatic nitrogens is 1. The van der Waals surface area contributed by atoms with E-state index in [-0.39, 0.29) is 11.9 Å². The molecule has 0 bridgehead atoms. The van der Waals surface area contributed by atoms with Crippen molar-refractivity contribution in [1.82, 2.24) is 4.98 Å². The minimum Gasteiger partial charge on any atom is -0.377 e. The van der Waals surface area contributed by atoms with E-state index >= 15 is 0 Å². The molecular weight excluding hydrogens is 291 g/mol. The summed E-state index contributed by atoms with van der Waals surface area (Å²) >= 11 is 4.92. The van der Waals surface area contributed by atoms with Crippen LogP contribution < -0.4 is 5.32 Å². The molecule has 5 heteroatoms. The quantitative estimate of drug-likeness (QED) is 0.918. The van der Waals surface area contributed by atoms with Gasteiger partial charge in [-0.1, -0.05) is 0 Å². The molecule has 1 unspecified atom stereocenters. The van der Waals surface area contributed by atoms with E-state index in [1.807, 2.05) is 13.1 Å². The summed E-state index contributed by atoms with van der Waals surface area (Å²) in [7, 11) is 0. The zero-order chi connectivity index (χ0) is 11.5. The number of thiazole rings is 1. The number of halogens is 2. The van der Waals surface area contributed by atoms with Gasteiger partial charge in [0.15, 0.2) is 0 Å². The molecule has 84 valence electrons. The largest absolute Gasteiger partial charge is 0.377 e. The molecule has 1 heterocycles. The lowest BCUT2D eigenvalue weighted by Gasteiger charge is -2.14. The lowest BCUT2D eigenvalue weighted by Crippen LogP contribution is -2.05. The van der Waals surface area contributed by atoms with Gasteiger partial charge in [0.2, 0.25) is 0 Å². The van der Waals surface area contributed by atoms with Crippen molar-refractivity contribution >= 4 is 33.0 Å². The summed E-state index contributed by atoms with van der Waals surface area (Å²) in [5.74, 6) is -0.247. The van der Waals surface area contributed by atoms with Crippen LogP contribution in [0.5, 0.6) is 0 Å². The summed E-state index contributed by atoms with van der Waals surface area (Å²) < 4.78 is 13.6. The first kappa shape index (κ1) is 11.5. The van der Waals surface area contributed by atoms with E-state index in [4.69, 9.17) is 0 Å². The Kier molecular flexibility index (Phi) is 3.56. The number of benzene rings is 1. The van der Waals surface area contributed by atoms with Gasteiger partial charge < -0.3 is 5.32 Å². The molecule has 2 nitrogen and oxygen atoms in total. The highest BCUT2D eigenvalue weighted by molar-refractivity contribution is 9.10. The summed E-state index contributed by atoms with van der Waals surface area (Å²) in [5.41, 5.74) is 2.68. The lowest BCUT2D eigenvalue weighted by atomic mass is 10.2. The van der Waals surface area contributed by atoms with E-state index < -0.39 is 0 Å². The van der Waals surface area contributed by atoms with E-state index in [1.54, 1.807) is 22.9 Å². The Hall–Kier alpha value is -0.940. The third-order valence-corrected chi connectivity index (χ3v) is 3.80. The number of rotatable bonds is 3. The van der Waals surface area contributed by atoms with Crippen LogP contribution in [0.4, 0.5) is 10.1 Å². The second-order valence-corrected chi connectivity index (χ2v) is 5.17. The fourth-order valence-corrected chi connectivity index (χ4v) is 2.44. The van der Waals surface area contributed by atoms with Crippen LogP contribution in [0, 0.1) is 5.82 Å². The van der Waals surface area contributed by atoms with Crippen LogP contribution in [0.25, 0.3) is 0 Å². The third kappa shape index (κ3) is 2.59. The molecule has 1 aromatic carbocycles. The number of anilines is 1. The van der Waals surface area contributed by atoms with Crippen LogP contribution in [-0.2, 0) is 0 Å². The molecule has 0 spiro atoms. The van der Waals surface area contributed by atoms with E-state index in [2.05, 4.69) is 26.2 Å². The molecule has 0 fully saturated rings. The Balaban J connectivity index is 2.15. The molecule has 0 aliphatic heterocycles. The molecule has 0 aliphatic rings. The predicted octanol–water partition coefficient (Wildman–Crippen LogP) is 4.22. The van der Waals surface area contributed by atoms with E-state index in [0.717, 1.165) is 15.0 Å². The van der Waals surface area contributed by atoms with Gasteiger partial charge in [-0.25, -0.2) is 4.39 Å². The SMILES string of the molecule is CC(Nc1ccc(F)cc1Br)c1cncs1. The Labute approximate surface area is 106 Å². The van der Waals surface area contributed by atoms with Crippen LogP contribution in [0.3, 0.4) is 0 Å². The van der Waals surface area contributed by atoms with Crippen molar-refractivity contribution in [3.8, 4) is 0 Å². The van der Waals surface area contributed by atoms with Gasteiger partial charge in [0.1, 0.15) is 5.82 Å². The summed E-state index contributed by atoms with van der Waals surface area (Å²) in [6.45, 7) is 2.04. The van der Waals surface area contributed by atoms with Crippen LogP contribution in [-0.4, -0.2) is 4.98 Å². The van der Waals surface area contributed by atoms with Crippen molar-refractivity contribution in [3.63, 3.8) is 0 Å². The van der Waals surface area contributed by atoms with Gasteiger partial charge in [0, 0.05) is 21.2 Å². The summed E-state index contributed by atoms with van der Waals surface area (Å²) in [5, 5.41) is 3.30. The van der Waals surface area contributed by atoms with Gasteiger partial charge in [0.05, 0.1) is 11.6 Å². The average molecular weight is 301 g/mol. The second kappa shape index (κ2) is 4.93. The molecule has 16 heavy (non-hydrogen) atoms. The topological polar surface area (TPSA) is 24.9 Å². The highest BCUT2D eigenvalue weighted by atomic mass is 79.9. The van der Waals surface area contributed by atoms with Gasteiger partial charge in [-0.3, -0.25) is 4.98 Å². The molecule has 2 rings (SSSR count). The monoisotopic (exact) mass is 300 g/mol. The van der Waals surface area contributed by atoms with Crippen molar-refractivity contribution in [2.75, 3.05) is 5.32 Å². The van der Waals surface area contributed by atoms with Gasteiger partial charge in [-0.2, -0.15) is 0 Å². The van der Waals surface area contributed by atoms with Crippen LogP contribution >= 0.6 is 27.3 Å². The highest BCUT2D eigenvalue weighted by Crippen LogP contribution is 2.28. The zero-order valence-corrected chi connectivity index (χ0v) is 11.0. The second-order valence-electron chi connectivity index (χ2n) is 3.39. The summed E-state index contributed by atoms with van der Waals surface area (Å²) in [6, 6.07) is 4.76. The van der Waals surface area contributed by atoms with E-state index in [0.29, 0.717) is 0 Å². The Morgan fingerprint density at radius 2 is 2.31 bits per heavy atom. The average Bonchev–Trinajstić information content (AvgIpc) is 2.75. The van der Waals surface area contributed by atoms with Gasteiger partial charge in [-0.05, 0) is 41.1 Å². The fourth-order valence-electron chi connectivity index (χ4n) is 1.35. The maximum absolute atomic E-state index is 12.9.